The monoisotopic (exact) mass is 526 g/mol. The van der Waals surface area contributed by atoms with Gasteiger partial charge in [0.15, 0.2) is 0 Å². The fourth-order valence-corrected chi connectivity index (χ4v) is 4.76. The standard InChI is InChI=1S/C33H38N2O4/c1-22-8-7-9-23(20-22)21-39-27-16-12-25(13-17-27)30(36)28-29(24-10-14-26(15-11-24)33(2,3)4)35(19-18-34(5)6)32(38)31(28)37/h7-17,20,29,36H,18-19,21H2,1-6H3/b30-28+/t29-/m0/s1. The third-order valence-corrected chi connectivity index (χ3v) is 7.04. The first-order valence-corrected chi connectivity index (χ1v) is 13.3. The van der Waals surface area contributed by atoms with Gasteiger partial charge in [-0.25, -0.2) is 0 Å². The Kier molecular flexibility index (Phi) is 8.26. The summed E-state index contributed by atoms with van der Waals surface area (Å²) in [5.41, 5.74) is 4.71. The molecule has 0 spiro atoms. The molecule has 1 aliphatic heterocycles. The minimum atomic E-state index is -0.670. The number of likely N-dealkylation sites (tertiary alicyclic amines) is 1. The van der Waals surface area contributed by atoms with Gasteiger partial charge in [-0.3, -0.25) is 9.59 Å². The molecular weight excluding hydrogens is 488 g/mol. The zero-order valence-electron chi connectivity index (χ0n) is 23.7. The predicted molar refractivity (Wildman–Crippen MR) is 155 cm³/mol. The van der Waals surface area contributed by atoms with Crippen molar-refractivity contribution in [2.24, 2.45) is 0 Å². The molecule has 1 fully saturated rings. The number of aliphatic hydroxyl groups is 1. The number of ketones is 1. The highest BCUT2D eigenvalue weighted by Gasteiger charge is 2.45. The molecule has 1 aliphatic rings. The van der Waals surface area contributed by atoms with E-state index in [2.05, 4.69) is 26.8 Å². The number of aliphatic hydroxyl groups excluding tert-OH is 1. The molecule has 1 N–H and O–H groups in total. The number of nitrogens with zero attached hydrogens (tertiary/aromatic N) is 2. The van der Waals surface area contributed by atoms with Crippen LogP contribution in [0.3, 0.4) is 0 Å². The third-order valence-electron chi connectivity index (χ3n) is 7.04. The molecule has 1 saturated heterocycles. The Morgan fingerprint density at radius 2 is 1.64 bits per heavy atom. The van der Waals surface area contributed by atoms with Crippen LogP contribution in [0.2, 0.25) is 0 Å². The summed E-state index contributed by atoms with van der Waals surface area (Å²) in [4.78, 5) is 30.0. The van der Waals surface area contributed by atoms with Crippen molar-refractivity contribution in [3.8, 4) is 5.75 Å². The molecular formula is C33H38N2O4. The number of benzene rings is 3. The zero-order valence-corrected chi connectivity index (χ0v) is 23.7. The van der Waals surface area contributed by atoms with E-state index < -0.39 is 17.7 Å². The Bertz CT molecular complexity index is 1370. The molecule has 3 aromatic carbocycles. The van der Waals surface area contributed by atoms with E-state index in [9.17, 15) is 14.7 Å². The van der Waals surface area contributed by atoms with Crippen LogP contribution in [0.4, 0.5) is 0 Å². The maximum absolute atomic E-state index is 13.3. The van der Waals surface area contributed by atoms with Crippen molar-refractivity contribution in [2.45, 2.75) is 45.8 Å². The van der Waals surface area contributed by atoms with Gasteiger partial charge in [0.2, 0.25) is 0 Å². The average Bonchev–Trinajstić information content (AvgIpc) is 3.15. The van der Waals surface area contributed by atoms with E-state index in [1.54, 1.807) is 29.2 Å². The van der Waals surface area contributed by atoms with Crippen LogP contribution in [0.25, 0.3) is 5.76 Å². The molecule has 6 heteroatoms. The lowest BCUT2D eigenvalue weighted by Crippen LogP contribution is -2.35. The Hall–Kier alpha value is -3.90. The molecule has 0 aromatic heterocycles. The summed E-state index contributed by atoms with van der Waals surface area (Å²) in [6, 6.07) is 22.4. The topological polar surface area (TPSA) is 70.1 Å². The maximum Gasteiger partial charge on any atom is 0.295 e. The molecule has 0 saturated carbocycles. The van der Waals surface area contributed by atoms with Crippen LogP contribution in [0.5, 0.6) is 5.75 Å². The predicted octanol–water partition coefficient (Wildman–Crippen LogP) is 5.85. The van der Waals surface area contributed by atoms with Gasteiger partial charge in [-0.2, -0.15) is 0 Å². The van der Waals surface area contributed by atoms with Crippen LogP contribution in [0.1, 0.15) is 54.6 Å². The van der Waals surface area contributed by atoms with Gasteiger partial charge >= 0.3 is 0 Å². The van der Waals surface area contributed by atoms with E-state index in [1.807, 2.05) is 68.4 Å². The summed E-state index contributed by atoms with van der Waals surface area (Å²) in [5.74, 6) is -0.804. The van der Waals surface area contributed by atoms with Crippen LogP contribution < -0.4 is 4.74 Å². The molecule has 0 unspecified atom stereocenters. The number of Topliss-reactive ketones (excluding diaryl/α,β-unsaturated/α-hetero) is 1. The fraction of sp³-hybridized carbons (Fsp3) is 0.333. The van der Waals surface area contributed by atoms with Gasteiger partial charge in [-0.15, -0.1) is 0 Å². The minimum Gasteiger partial charge on any atom is -0.507 e. The SMILES string of the molecule is Cc1cccc(COc2ccc(/C(O)=C3\C(=O)C(=O)N(CCN(C)C)[C@H]3c3ccc(C(C)(C)C)cc3)cc2)c1. The molecule has 3 aromatic rings. The van der Waals surface area contributed by atoms with E-state index in [4.69, 9.17) is 4.74 Å². The van der Waals surface area contributed by atoms with Gasteiger partial charge in [-0.1, -0.05) is 74.9 Å². The summed E-state index contributed by atoms with van der Waals surface area (Å²) in [7, 11) is 3.85. The first-order chi connectivity index (χ1) is 18.5. The normalized spacial score (nSPS) is 17.2. The lowest BCUT2D eigenvalue weighted by molar-refractivity contribution is -0.140. The van der Waals surface area contributed by atoms with Crippen molar-refractivity contribution in [3.05, 3.63) is 106 Å². The van der Waals surface area contributed by atoms with Gasteiger partial charge in [0.1, 0.15) is 18.1 Å². The number of hydrogen-bond donors (Lipinski definition) is 1. The smallest absolute Gasteiger partial charge is 0.295 e. The number of carbonyl (C=O) groups excluding carboxylic acids is 2. The lowest BCUT2D eigenvalue weighted by atomic mass is 9.85. The van der Waals surface area contributed by atoms with Gasteiger partial charge in [0.05, 0.1) is 11.6 Å². The Labute approximate surface area is 231 Å². The fourth-order valence-electron chi connectivity index (χ4n) is 4.76. The van der Waals surface area contributed by atoms with Crippen molar-refractivity contribution < 1.29 is 19.4 Å². The third kappa shape index (κ3) is 6.40. The second-order valence-electron chi connectivity index (χ2n) is 11.5. The summed E-state index contributed by atoms with van der Waals surface area (Å²) >= 11 is 0. The molecule has 204 valence electrons. The molecule has 1 amide bonds. The maximum atomic E-state index is 13.3. The molecule has 6 nitrogen and oxygen atoms in total. The number of rotatable bonds is 8. The van der Waals surface area contributed by atoms with Crippen molar-refractivity contribution in [1.29, 1.82) is 0 Å². The Morgan fingerprint density at radius 3 is 2.23 bits per heavy atom. The number of carbonyl (C=O) groups is 2. The largest absolute Gasteiger partial charge is 0.507 e. The minimum absolute atomic E-state index is 0.0333. The van der Waals surface area contributed by atoms with Crippen LogP contribution in [0.15, 0.2) is 78.4 Å². The quantitative estimate of drug-likeness (QED) is 0.226. The van der Waals surface area contributed by atoms with E-state index in [0.717, 1.165) is 16.7 Å². The van der Waals surface area contributed by atoms with Crippen LogP contribution in [0, 0.1) is 6.92 Å². The van der Waals surface area contributed by atoms with Crippen molar-refractivity contribution >= 4 is 17.4 Å². The highest BCUT2D eigenvalue weighted by Crippen LogP contribution is 2.40. The second-order valence-corrected chi connectivity index (χ2v) is 11.5. The Balaban J connectivity index is 1.66. The summed E-state index contributed by atoms with van der Waals surface area (Å²) in [6.45, 7) is 9.84. The zero-order chi connectivity index (χ0) is 28.3. The van der Waals surface area contributed by atoms with Gasteiger partial charge in [-0.05, 0) is 67.4 Å². The second kappa shape index (κ2) is 11.5. The number of ether oxygens (including phenoxy) is 1. The molecule has 0 bridgehead atoms. The molecule has 4 rings (SSSR count). The Morgan fingerprint density at radius 1 is 0.974 bits per heavy atom. The van der Waals surface area contributed by atoms with E-state index >= 15 is 0 Å². The number of amides is 1. The van der Waals surface area contributed by atoms with Crippen molar-refractivity contribution in [3.63, 3.8) is 0 Å². The van der Waals surface area contributed by atoms with Crippen LogP contribution in [-0.2, 0) is 21.6 Å². The highest BCUT2D eigenvalue weighted by molar-refractivity contribution is 6.46. The first-order valence-electron chi connectivity index (χ1n) is 13.3. The molecule has 0 aliphatic carbocycles. The van der Waals surface area contributed by atoms with Crippen LogP contribution in [-0.4, -0.2) is 53.8 Å². The molecule has 39 heavy (non-hydrogen) atoms. The van der Waals surface area contributed by atoms with Crippen molar-refractivity contribution in [1.82, 2.24) is 9.80 Å². The summed E-state index contributed by atoms with van der Waals surface area (Å²) < 4.78 is 5.91. The van der Waals surface area contributed by atoms with E-state index in [0.29, 0.717) is 31.0 Å². The number of aryl methyl sites for hydroxylation is 1. The molecule has 0 radical (unpaired) electrons. The summed E-state index contributed by atoms with van der Waals surface area (Å²) in [6.07, 6.45) is 0. The average molecular weight is 527 g/mol. The highest BCUT2D eigenvalue weighted by atomic mass is 16.5. The van der Waals surface area contributed by atoms with Crippen LogP contribution >= 0.6 is 0 Å². The van der Waals surface area contributed by atoms with Gasteiger partial charge < -0.3 is 19.6 Å². The summed E-state index contributed by atoms with van der Waals surface area (Å²) in [5, 5.41) is 11.4. The molecule has 1 heterocycles. The first kappa shape index (κ1) is 28.1. The number of hydrogen-bond acceptors (Lipinski definition) is 5. The lowest BCUT2D eigenvalue weighted by Gasteiger charge is -2.27. The van der Waals surface area contributed by atoms with Crippen molar-refractivity contribution in [2.75, 3.05) is 27.2 Å². The van der Waals surface area contributed by atoms with Gasteiger partial charge in [0, 0.05) is 18.7 Å². The van der Waals surface area contributed by atoms with E-state index in [1.165, 1.54) is 5.56 Å². The van der Waals surface area contributed by atoms with E-state index in [-0.39, 0.29) is 16.7 Å². The van der Waals surface area contributed by atoms with Gasteiger partial charge in [0.25, 0.3) is 11.7 Å². The number of likely N-dealkylation sites (N-methyl/N-ethyl adjacent to an activating group) is 1. The molecule has 1 atom stereocenters.